The molecule has 1 saturated carbocycles. The molecule has 1 unspecified atom stereocenters. The van der Waals surface area contributed by atoms with Crippen LogP contribution in [0, 0.1) is 0 Å². The first kappa shape index (κ1) is 19.9. The van der Waals surface area contributed by atoms with Gasteiger partial charge in [0.1, 0.15) is 6.04 Å². The molecule has 152 valence electrons. The number of hydrogen-bond donors (Lipinski definition) is 1. The van der Waals surface area contributed by atoms with Crippen LogP contribution in [0.25, 0.3) is 0 Å². The third-order valence-corrected chi connectivity index (χ3v) is 5.90. The van der Waals surface area contributed by atoms with E-state index < -0.39 is 0 Å². The predicted octanol–water partition coefficient (Wildman–Crippen LogP) is 3.51. The first-order valence-corrected chi connectivity index (χ1v) is 10.6. The molecular formula is C23H26ClN3O2. The standard InChI is InChI=1S/C23H26ClN3O2/c24-20-10-5-4-9-19(20)23(29)27-14-6-13-26(15-16-27)21(17-7-2-1-3-8-17)22(28)25-18-11-12-18/h1-5,7-10,18,21H,6,11-16H2,(H,25,28). The van der Waals surface area contributed by atoms with E-state index in [0.717, 1.165) is 31.4 Å². The molecule has 1 aliphatic carbocycles. The van der Waals surface area contributed by atoms with Crippen molar-refractivity contribution in [2.45, 2.75) is 31.3 Å². The van der Waals surface area contributed by atoms with Crippen LogP contribution >= 0.6 is 11.6 Å². The van der Waals surface area contributed by atoms with E-state index in [4.69, 9.17) is 11.6 Å². The fourth-order valence-corrected chi connectivity index (χ4v) is 4.09. The Kier molecular flexibility index (Phi) is 6.16. The molecule has 2 aliphatic rings. The maximum absolute atomic E-state index is 13.0. The molecule has 1 atom stereocenters. The normalized spacial score (nSPS) is 18.7. The highest BCUT2D eigenvalue weighted by molar-refractivity contribution is 6.33. The van der Waals surface area contributed by atoms with Crippen LogP contribution in [0.3, 0.4) is 0 Å². The lowest BCUT2D eigenvalue weighted by atomic mass is 10.0. The van der Waals surface area contributed by atoms with Crippen molar-refractivity contribution in [2.75, 3.05) is 26.2 Å². The fourth-order valence-electron chi connectivity index (χ4n) is 3.87. The first-order chi connectivity index (χ1) is 14.1. The van der Waals surface area contributed by atoms with Gasteiger partial charge in [-0.1, -0.05) is 54.1 Å². The summed E-state index contributed by atoms with van der Waals surface area (Å²) >= 11 is 6.22. The molecule has 2 fully saturated rings. The van der Waals surface area contributed by atoms with Crippen LogP contribution in [0.2, 0.25) is 5.02 Å². The largest absolute Gasteiger partial charge is 0.352 e. The number of hydrogen-bond acceptors (Lipinski definition) is 3. The number of carbonyl (C=O) groups is 2. The highest BCUT2D eigenvalue weighted by Crippen LogP contribution is 2.26. The molecule has 2 amide bonds. The minimum absolute atomic E-state index is 0.0452. The molecule has 1 heterocycles. The molecule has 6 heteroatoms. The molecule has 29 heavy (non-hydrogen) atoms. The van der Waals surface area contributed by atoms with Gasteiger partial charge in [-0.25, -0.2) is 0 Å². The molecule has 1 saturated heterocycles. The summed E-state index contributed by atoms with van der Waals surface area (Å²) < 4.78 is 0. The summed E-state index contributed by atoms with van der Waals surface area (Å²) in [6.45, 7) is 2.65. The van der Waals surface area contributed by atoms with E-state index in [9.17, 15) is 9.59 Å². The van der Waals surface area contributed by atoms with E-state index in [1.165, 1.54) is 0 Å². The smallest absolute Gasteiger partial charge is 0.255 e. The maximum Gasteiger partial charge on any atom is 0.255 e. The summed E-state index contributed by atoms with van der Waals surface area (Å²) in [5.74, 6) is 0.0146. The van der Waals surface area contributed by atoms with E-state index in [1.807, 2.05) is 47.4 Å². The van der Waals surface area contributed by atoms with Crippen molar-refractivity contribution < 1.29 is 9.59 Å². The van der Waals surface area contributed by atoms with Crippen LogP contribution in [0.5, 0.6) is 0 Å². The van der Waals surface area contributed by atoms with Gasteiger partial charge in [-0.2, -0.15) is 0 Å². The molecule has 0 radical (unpaired) electrons. The minimum Gasteiger partial charge on any atom is -0.352 e. The summed E-state index contributed by atoms with van der Waals surface area (Å²) in [5, 5.41) is 3.64. The quantitative estimate of drug-likeness (QED) is 0.819. The number of benzene rings is 2. The Hall–Kier alpha value is -2.37. The van der Waals surface area contributed by atoms with Gasteiger partial charge < -0.3 is 10.2 Å². The van der Waals surface area contributed by atoms with Gasteiger partial charge in [0.25, 0.3) is 5.91 Å². The Morgan fingerprint density at radius 3 is 2.38 bits per heavy atom. The Labute approximate surface area is 176 Å². The van der Waals surface area contributed by atoms with E-state index in [-0.39, 0.29) is 17.9 Å². The lowest BCUT2D eigenvalue weighted by molar-refractivity contribution is -0.126. The van der Waals surface area contributed by atoms with Gasteiger partial charge in [0.2, 0.25) is 5.91 Å². The van der Waals surface area contributed by atoms with Crippen LogP contribution < -0.4 is 5.32 Å². The molecule has 1 N–H and O–H groups in total. The molecular weight excluding hydrogens is 386 g/mol. The van der Waals surface area contributed by atoms with Crippen molar-refractivity contribution in [1.82, 2.24) is 15.1 Å². The van der Waals surface area contributed by atoms with Gasteiger partial charge in [0.05, 0.1) is 10.6 Å². The van der Waals surface area contributed by atoms with Crippen molar-refractivity contribution in [3.05, 3.63) is 70.7 Å². The second kappa shape index (κ2) is 8.97. The monoisotopic (exact) mass is 411 g/mol. The van der Waals surface area contributed by atoms with Gasteiger partial charge in [0, 0.05) is 32.2 Å². The van der Waals surface area contributed by atoms with Crippen molar-refractivity contribution in [3.63, 3.8) is 0 Å². The number of nitrogens with zero attached hydrogens (tertiary/aromatic N) is 2. The average Bonchev–Trinajstić information content (AvgIpc) is 3.56. The van der Waals surface area contributed by atoms with Crippen molar-refractivity contribution in [3.8, 4) is 0 Å². The third-order valence-electron chi connectivity index (χ3n) is 5.57. The first-order valence-electron chi connectivity index (χ1n) is 10.3. The van der Waals surface area contributed by atoms with Crippen LogP contribution in [-0.2, 0) is 4.79 Å². The lowest BCUT2D eigenvalue weighted by Crippen LogP contribution is -2.43. The molecule has 0 aromatic heterocycles. The second-order valence-corrected chi connectivity index (χ2v) is 8.16. The van der Waals surface area contributed by atoms with E-state index >= 15 is 0 Å². The third kappa shape index (κ3) is 4.80. The zero-order valence-electron chi connectivity index (χ0n) is 16.4. The Morgan fingerprint density at radius 2 is 1.66 bits per heavy atom. The summed E-state index contributed by atoms with van der Waals surface area (Å²) in [4.78, 5) is 30.0. The van der Waals surface area contributed by atoms with Gasteiger partial charge in [-0.05, 0) is 37.0 Å². The van der Waals surface area contributed by atoms with Gasteiger partial charge in [0.15, 0.2) is 0 Å². The highest BCUT2D eigenvalue weighted by atomic mass is 35.5. The SMILES string of the molecule is O=C(NC1CC1)C(c1ccccc1)N1CCCN(C(=O)c2ccccc2Cl)CC1. The Balaban J connectivity index is 1.49. The number of nitrogens with one attached hydrogen (secondary N) is 1. The van der Waals surface area contributed by atoms with E-state index in [0.29, 0.717) is 36.3 Å². The van der Waals surface area contributed by atoms with Crippen molar-refractivity contribution >= 4 is 23.4 Å². The molecule has 4 rings (SSSR count). The predicted molar refractivity (Wildman–Crippen MR) is 114 cm³/mol. The molecule has 2 aromatic rings. The van der Waals surface area contributed by atoms with Crippen molar-refractivity contribution in [2.24, 2.45) is 0 Å². The van der Waals surface area contributed by atoms with Gasteiger partial charge >= 0.3 is 0 Å². The minimum atomic E-state index is -0.327. The van der Waals surface area contributed by atoms with E-state index in [2.05, 4.69) is 10.2 Å². The average molecular weight is 412 g/mol. The van der Waals surface area contributed by atoms with Crippen LogP contribution in [0.15, 0.2) is 54.6 Å². The number of halogens is 1. The molecule has 0 bridgehead atoms. The van der Waals surface area contributed by atoms with Gasteiger partial charge in [-0.3, -0.25) is 14.5 Å². The number of rotatable bonds is 5. The highest BCUT2D eigenvalue weighted by Gasteiger charge is 2.33. The zero-order valence-corrected chi connectivity index (χ0v) is 17.1. The summed E-state index contributed by atoms with van der Waals surface area (Å²) in [6, 6.07) is 17.1. The summed E-state index contributed by atoms with van der Waals surface area (Å²) in [7, 11) is 0. The summed E-state index contributed by atoms with van der Waals surface area (Å²) in [5.41, 5.74) is 1.53. The van der Waals surface area contributed by atoms with Crippen molar-refractivity contribution in [1.29, 1.82) is 0 Å². The van der Waals surface area contributed by atoms with Crippen LogP contribution in [0.4, 0.5) is 0 Å². The topological polar surface area (TPSA) is 52.7 Å². The second-order valence-electron chi connectivity index (χ2n) is 7.76. The van der Waals surface area contributed by atoms with Crippen LogP contribution in [0.1, 0.15) is 41.2 Å². The van der Waals surface area contributed by atoms with Gasteiger partial charge in [-0.15, -0.1) is 0 Å². The lowest BCUT2D eigenvalue weighted by Gasteiger charge is -2.30. The van der Waals surface area contributed by atoms with E-state index in [1.54, 1.807) is 12.1 Å². The fraction of sp³-hybridized carbons (Fsp3) is 0.391. The molecule has 1 aliphatic heterocycles. The Bertz CT molecular complexity index is 869. The summed E-state index contributed by atoms with van der Waals surface area (Å²) in [6.07, 6.45) is 2.94. The number of carbonyl (C=O) groups excluding carboxylic acids is 2. The Morgan fingerprint density at radius 1 is 0.931 bits per heavy atom. The number of amides is 2. The van der Waals surface area contributed by atoms with Crippen LogP contribution in [-0.4, -0.2) is 53.8 Å². The molecule has 2 aromatic carbocycles. The molecule has 0 spiro atoms. The molecule has 5 nitrogen and oxygen atoms in total. The maximum atomic E-state index is 13.0. The zero-order chi connectivity index (χ0) is 20.2.